The van der Waals surface area contributed by atoms with Crippen LogP contribution in [0.3, 0.4) is 0 Å². The van der Waals surface area contributed by atoms with Crippen molar-refractivity contribution in [3.05, 3.63) is 59.7 Å². The van der Waals surface area contributed by atoms with Crippen LogP contribution in [0.1, 0.15) is 11.1 Å². The number of rotatable bonds is 7. The van der Waals surface area contributed by atoms with Crippen molar-refractivity contribution in [1.82, 2.24) is 5.32 Å². The highest BCUT2D eigenvalue weighted by atomic mass is 16.5. The van der Waals surface area contributed by atoms with Gasteiger partial charge in [-0.2, -0.15) is 0 Å². The molecule has 2 aromatic rings. The van der Waals surface area contributed by atoms with E-state index in [4.69, 9.17) is 4.74 Å². The van der Waals surface area contributed by atoms with Gasteiger partial charge >= 0.3 is 0 Å². The van der Waals surface area contributed by atoms with E-state index in [9.17, 15) is 0 Å². The van der Waals surface area contributed by atoms with E-state index in [-0.39, 0.29) is 0 Å². The van der Waals surface area contributed by atoms with E-state index in [1.54, 1.807) is 7.11 Å². The summed E-state index contributed by atoms with van der Waals surface area (Å²) in [6.45, 7) is 4.65. The molecule has 21 heavy (non-hydrogen) atoms. The monoisotopic (exact) mass is 284 g/mol. The molecule has 0 heterocycles. The van der Waals surface area contributed by atoms with Crippen molar-refractivity contribution in [2.24, 2.45) is 0 Å². The van der Waals surface area contributed by atoms with Crippen molar-refractivity contribution >= 4 is 11.4 Å². The first-order valence-electron chi connectivity index (χ1n) is 7.30. The smallest absolute Gasteiger partial charge is 0.0587 e. The Balaban J connectivity index is 2.05. The van der Waals surface area contributed by atoms with Gasteiger partial charge in [-0.1, -0.05) is 30.3 Å². The first kappa shape index (κ1) is 15.5. The van der Waals surface area contributed by atoms with Crippen molar-refractivity contribution in [3.8, 4) is 0 Å². The molecule has 3 heteroatoms. The largest absolute Gasteiger partial charge is 0.383 e. The number of benzene rings is 2. The molecule has 0 spiro atoms. The summed E-state index contributed by atoms with van der Waals surface area (Å²) in [5, 5.41) is 3.37. The second-order valence-corrected chi connectivity index (χ2v) is 5.18. The van der Waals surface area contributed by atoms with Crippen LogP contribution in [0.2, 0.25) is 0 Å². The van der Waals surface area contributed by atoms with Gasteiger partial charge in [-0.15, -0.1) is 0 Å². The van der Waals surface area contributed by atoms with E-state index in [1.807, 2.05) is 6.07 Å². The molecule has 0 unspecified atom stereocenters. The van der Waals surface area contributed by atoms with Gasteiger partial charge in [-0.3, -0.25) is 0 Å². The Hall–Kier alpha value is -1.84. The summed E-state index contributed by atoms with van der Waals surface area (Å²) in [4.78, 5) is 2.22. The Morgan fingerprint density at radius 1 is 1.10 bits per heavy atom. The lowest BCUT2D eigenvalue weighted by molar-refractivity contribution is 0.199. The Kier molecular flexibility index (Phi) is 5.78. The Labute approximate surface area is 127 Å². The molecule has 0 saturated carbocycles. The van der Waals surface area contributed by atoms with E-state index in [0.29, 0.717) is 0 Å². The molecule has 2 rings (SSSR count). The minimum absolute atomic E-state index is 0.744. The molecule has 3 nitrogen and oxygen atoms in total. The fourth-order valence-electron chi connectivity index (χ4n) is 2.40. The van der Waals surface area contributed by atoms with Crippen molar-refractivity contribution in [3.63, 3.8) is 0 Å². The molecule has 0 amide bonds. The van der Waals surface area contributed by atoms with Gasteiger partial charge in [0.05, 0.1) is 6.61 Å². The standard InChI is InChI=1S/C18H24N2O/c1-15-13-16(14-19-11-12-21-3)9-10-18(15)20(2)17-7-5-4-6-8-17/h4-10,13,19H,11-12,14H2,1-3H3. The summed E-state index contributed by atoms with van der Waals surface area (Å²) in [5.74, 6) is 0. The average Bonchev–Trinajstić information content (AvgIpc) is 2.52. The third-order valence-electron chi connectivity index (χ3n) is 3.58. The lowest BCUT2D eigenvalue weighted by Gasteiger charge is -2.22. The van der Waals surface area contributed by atoms with Gasteiger partial charge in [0.2, 0.25) is 0 Å². The average molecular weight is 284 g/mol. The van der Waals surface area contributed by atoms with Crippen LogP contribution in [-0.4, -0.2) is 27.3 Å². The zero-order valence-corrected chi connectivity index (χ0v) is 13.1. The molecule has 2 aromatic carbocycles. The molecule has 0 atom stereocenters. The second-order valence-electron chi connectivity index (χ2n) is 5.18. The summed E-state index contributed by atoms with van der Waals surface area (Å²) in [6, 6.07) is 17.0. The number of anilines is 2. The quantitative estimate of drug-likeness (QED) is 0.788. The molecule has 0 bridgehead atoms. The summed E-state index contributed by atoms with van der Waals surface area (Å²) >= 11 is 0. The molecule has 0 aliphatic heterocycles. The maximum absolute atomic E-state index is 5.03. The molecule has 0 saturated heterocycles. The van der Waals surface area contributed by atoms with Gasteiger partial charge in [-0.25, -0.2) is 0 Å². The summed E-state index contributed by atoms with van der Waals surface area (Å²) in [7, 11) is 3.83. The van der Waals surface area contributed by atoms with Crippen LogP contribution in [0, 0.1) is 6.92 Å². The van der Waals surface area contributed by atoms with E-state index in [1.165, 1.54) is 22.5 Å². The van der Waals surface area contributed by atoms with Gasteiger partial charge in [0, 0.05) is 38.6 Å². The van der Waals surface area contributed by atoms with Crippen LogP contribution in [0.4, 0.5) is 11.4 Å². The van der Waals surface area contributed by atoms with Crippen molar-refractivity contribution in [1.29, 1.82) is 0 Å². The van der Waals surface area contributed by atoms with Crippen LogP contribution in [0.25, 0.3) is 0 Å². The summed E-state index contributed by atoms with van der Waals surface area (Å²) < 4.78 is 5.03. The van der Waals surface area contributed by atoms with Crippen molar-refractivity contribution in [2.75, 3.05) is 32.2 Å². The number of nitrogens with zero attached hydrogens (tertiary/aromatic N) is 1. The molecule has 0 aliphatic rings. The highest BCUT2D eigenvalue weighted by Crippen LogP contribution is 2.27. The summed E-state index contributed by atoms with van der Waals surface area (Å²) in [6.07, 6.45) is 0. The SMILES string of the molecule is COCCNCc1ccc(N(C)c2ccccc2)c(C)c1. The van der Waals surface area contributed by atoms with E-state index >= 15 is 0 Å². The molecular weight excluding hydrogens is 260 g/mol. The topological polar surface area (TPSA) is 24.5 Å². The van der Waals surface area contributed by atoms with Gasteiger partial charge in [0.25, 0.3) is 0 Å². The van der Waals surface area contributed by atoms with Crippen molar-refractivity contribution in [2.45, 2.75) is 13.5 Å². The van der Waals surface area contributed by atoms with Gasteiger partial charge in [0.15, 0.2) is 0 Å². The van der Waals surface area contributed by atoms with Crippen LogP contribution in [0.15, 0.2) is 48.5 Å². The van der Waals surface area contributed by atoms with Crippen LogP contribution in [-0.2, 0) is 11.3 Å². The van der Waals surface area contributed by atoms with E-state index in [2.05, 4.69) is 66.7 Å². The lowest BCUT2D eigenvalue weighted by atomic mass is 10.1. The highest BCUT2D eigenvalue weighted by molar-refractivity contribution is 5.65. The third kappa shape index (κ3) is 4.31. The van der Waals surface area contributed by atoms with E-state index in [0.717, 1.165) is 19.7 Å². The number of para-hydroxylation sites is 1. The number of hydrogen-bond donors (Lipinski definition) is 1. The maximum Gasteiger partial charge on any atom is 0.0587 e. The van der Waals surface area contributed by atoms with Crippen molar-refractivity contribution < 1.29 is 4.74 Å². The second kappa shape index (κ2) is 7.81. The van der Waals surface area contributed by atoms with Crippen LogP contribution >= 0.6 is 0 Å². The molecule has 0 radical (unpaired) electrons. The van der Waals surface area contributed by atoms with E-state index < -0.39 is 0 Å². The normalized spacial score (nSPS) is 10.6. The molecule has 0 aliphatic carbocycles. The van der Waals surface area contributed by atoms with Crippen LogP contribution < -0.4 is 10.2 Å². The predicted molar refractivity (Wildman–Crippen MR) is 89.3 cm³/mol. The first-order valence-corrected chi connectivity index (χ1v) is 7.30. The molecule has 0 fully saturated rings. The van der Waals surface area contributed by atoms with Gasteiger partial charge in [0.1, 0.15) is 0 Å². The molecule has 1 N–H and O–H groups in total. The predicted octanol–water partition coefficient (Wildman–Crippen LogP) is 3.50. The number of hydrogen-bond acceptors (Lipinski definition) is 3. The van der Waals surface area contributed by atoms with Crippen LogP contribution in [0.5, 0.6) is 0 Å². The fourth-order valence-corrected chi connectivity index (χ4v) is 2.40. The minimum Gasteiger partial charge on any atom is -0.383 e. The Morgan fingerprint density at radius 3 is 2.52 bits per heavy atom. The maximum atomic E-state index is 5.03. The fraction of sp³-hybridized carbons (Fsp3) is 0.333. The highest BCUT2D eigenvalue weighted by Gasteiger charge is 2.07. The number of ether oxygens (including phenoxy) is 1. The molecule has 112 valence electrons. The number of aryl methyl sites for hydroxylation is 1. The third-order valence-corrected chi connectivity index (χ3v) is 3.58. The molecule has 0 aromatic heterocycles. The van der Waals surface area contributed by atoms with Gasteiger partial charge in [-0.05, 0) is 36.2 Å². The molecular formula is C18H24N2O. The zero-order chi connectivity index (χ0) is 15.1. The first-order chi connectivity index (χ1) is 10.2. The Bertz CT molecular complexity index is 554. The number of methoxy groups -OCH3 is 1. The van der Waals surface area contributed by atoms with Gasteiger partial charge < -0.3 is 15.0 Å². The lowest BCUT2D eigenvalue weighted by Crippen LogP contribution is -2.18. The Morgan fingerprint density at radius 2 is 1.86 bits per heavy atom. The zero-order valence-electron chi connectivity index (χ0n) is 13.1. The number of nitrogens with one attached hydrogen (secondary N) is 1. The summed E-state index contributed by atoms with van der Waals surface area (Å²) in [5.41, 5.74) is 5.02. The minimum atomic E-state index is 0.744.